The fraction of sp³-hybridized carbons (Fsp3) is 0.375. The largest absolute Gasteiger partial charge is 0.495 e. The second-order valence-electron chi connectivity index (χ2n) is 8.83. The van der Waals surface area contributed by atoms with Gasteiger partial charge in [-0.2, -0.15) is 4.31 Å². The molecule has 0 spiro atoms. The number of carbonyl (C=O) groups excluding carboxylic acids is 1. The van der Waals surface area contributed by atoms with Crippen LogP contribution in [0.15, 0.2) is 47.4 Å². The Bertz CT molecular complexity index is 1410. The second-order valence-corrected chi connectivity index (χ2v) is 13.0. The summed E-state index contributed by atoms with van der Waals surface area (Å²) < 4.78 is 32.3. The minimum absolute atomic E-state index is 0.192. The standard InChI is InChI=1S/C24H25Cl3N4O4S/c1-35-22-7-6-16(14-21(22)29-10-12-30(13-11-29)23(32)24(25,26)27)36(33,34)31-9-8-18-17-4-2-3-5-19(17)28-20(18)15-31/h2-7,14,28H,8-13,15H2,1H3. The molecule has 2 aromatic carbocycles. The molecule has 2 aliphatic heterocycles. The van der Waals surface area contributed by atoms with E-state index in [1.807, 2.05) is 23.1 Å². The van der Waals surface area contributed by atoms with Crippen molar-refractivity contribution in [3.05, 3.63) is 53.7 Å². The monoisotopic (exact) mass is 570 g/mol. The zero-order valence-electron chi connectivity index (χ0n) is 19.5. The summed E-state index contributed by atoms with van der Waals surface area (Å²) in [7, 11) is -2.22. The molecule has 1 N–H and O–H groups in total. The summed E-state index contributed by atoms with van der Waals surface area (Å²) in [6.07, 6.45) is 0.640. The molecule has 0 saturated carbocycles. The summed E-state index contributed by atoms with van der Waals surface area (Å²) in [6, 6.07) is 12.9. The van der Waals surface area contributed by atoms with Crippen LogP contribution in [0.2, 0.25) is 0 Å². The number of piperazine rings is 1. The van der Waals surface area contributed by atoms with Gasteiger partial charge in [0.2, 0.25) is 10.0 Å². The van der Waals surface area contributed by atoms with Gasteiger partial charge in [-0.3, -0.25) is 4.79 Å². The number of aromatic nitrogens is 1. The van der Waals surface area contributed by atoms with Crippen LogP contribution in [0.5, 0.6) is 5.75 Å². The third-order valence-electron chi connectivity index (χ3n) is 6.79. The number of aromatic amines is 1. The lowest BCUT2D eigenvalue weighted by molar-refractivity contribution is -0.130. The van der Waals surface area contributed by atoms with Gasteiger partial charge in [0.25, 0.3) is 9.70 Å². The van der Waals surface area contributed by atoms with E-state index in [2.05, 4.69) is 11.1 Å². The quantitative estimate of drug-likeness (QED) is 0.480. The first kappa shape index (κ1) is 25.5. The Morgan fingerprint density at radius 2 is 1.75 bits per heavy atom. The number of rotatable bonds is 4. The molecular formula is C24H25Cl3N4O4S. The highest BCUT2D eigenvalue weighted by Crippen LogP contribution is 2.36. The van der Waals surface area contributed by atoms with Crippen LogP contribution in [-0.4, -0.2) is 72.1 Å². The molecule has 5 rings (SSSR count). The summed E-state index contributed by atoms with van der Waals surface area (Å²) >= 11 is 17.2. The van der Waals surface area contributed by atoms with Crippen molar-refractivity contribution in [3.8, 4) is 5.75 Å². The number of sulfonamides is 1. The molecule has 3 heterocycles. The van der Waals surface area contributed by atoms with Crippen molar-refractivity contribution in [2.75, 3.05) is 44.7 Å². The number of benzene rings is 2. The van der Waals surface area contributed by atoms with E-state index in [1.54, 1.807) is 18.2 Å². The van der Waals surface area contributed by atoms with Crippen molar-refractivity contribution < 1.29 is 17.9 Å². The number of alkyl halides is 3. The van der Waals surface area contributed by atoms with E-state index in [0.29, 0.717) is 50.6 Å². The van der Waals surface area contributed by atoms with Crippen LogP contribution < -0.4 is 9.64 Å². The second kappa shape index (κ2) is 9.61. The van der Waals surface area contributed by atoms with Gasteiger partial charge in [0.05, 0.1) is 24.2 Å². The fourth-order valence-corrected chi connectivity index (χ4v) is 6.72. The molecule has 0 radical (unpaired) electrons. The van der Waals surface area contributed by atoms with Crippen molar-refractivity contribution >= 4 is 67.3 Å². The Kier molecular flexibility index (Phi) is 6.80. The molecule has 8 nitrogen and oxygen atoms in total. The van der Waals surface area contributed by atoms with Crippen LogP contribution >= 0.6 is 34.8 Å². The number of hydrogen-bond acceptors (Lipinski definition) is 5. The van der Waals surface area contributed by atoms with Crippen molar-refractivity contribution in [2.45, 2.75) is 21.7 Å². The fourth-order valence-electron chi connectivity index (χ4n) is 4.93. The first-order valence-electron chi connectivity index (χ1n) is 11.5. The van der Waals surface area contributed by atoms with Gasteiger partial charge in [0.15, 0.2) is 0 Å². The lowest BCUT2D eigenvalue weighted by Gasteiger charge is -2.37. The van der Waals surface area contributed by atoms with Crippen LogP contribution in [-0.2, 0) is 27.8 Å². The van der Waals surface area contributed by atoms with Crippen LogP contribution in [0.3, 0.4) is 0 Å². The first-order chi connectivity index (χ1) is 17.1. The van der Waals surface area contributed by atoms with Gasteiger partial charge in [-0.1, -0.05) is 53.0 Å². The van der Waals surface area contributed by atoms with E-state index < -0.39 is 19.7 Å². The summed E-state index contributed by atoms with van der Waals surface area (Å²) in [5.74, 6) is -0.0245. The average molecular weight is 572 g/mol. The van der Waals surface area contributed by atoms with Gasteiger partial charge >= 0.3 is 0 Å². The Labute approximate surface area is 224 Å². The highest BCUT2D eigenvalue weighted by Gasteiger charge is 2.37. The molecule has 1 amide bonds. The van der Waals surface area contributed by atoms with Crippen molar-refractivity contribution in [2.24, 2.45) is 0 Å². The normalized spacial score (nSPS) is 17.3. The Morgan fingerprint density at radius 3 is 2.44 bits per heavy atom. The van der Waals surface area contributed by atoms with Crippen LogP contribution in [0.4, 0.5) is 5.69 Å². The summed E-state index contributed by atoms with van der Waals surface area (Å²) in [5, 5.41) is 1.14. The lowest BCUT2D eigenvalue weighted by Crippen LogP contribution is -2.51. The summed E-state index contributed by atoms with van der Waals surface area (Å²) in [5.41, 5.74) is 3.76. The molecule has 0 bridgehead atoms. The van der Waals surface area contributed by atoms with E-state index in [1.165, 1.54) is 21.9 Å². The van der Waals surface area contributed by atoms with Crippen LogP contribution in [0, 0.1) is 0 Å². The van der Waals surface area contributed by atoms with Gasteiger partial charge in [-0.15, -0.1) is 0 Å². The number of halogens is 3. The van der Waals surface area contributed by atoms with E-state index >= 15 is 0 Å². The first-order valence-corrected chi connectivity index (χ1v) is 14.0. The number of carbonyl (C=O) groups is 1. The molecular weight excluding hydrogens is 547 g/mol. The molecule has 192 valence electrons. The summed E-state index contributed by atoms with van der Waals surface area (Å²) in [4.78, 5) is 19.3. The molecule has 0 atom stereocenters. The number of fused-ring (bicyclic) bond motifs is 3. The Hall–Kier alpha value is -2.17. The maximum absolute atomic E-state index is 13.7. The zero-order valence-corrected chi connectivity index (χ0v) is 22.6. The van der Waals surface area contributed by atoms with Gasteiger partial charge < -0.3 is 19.5 Å². The molecule has 0 unspecified atom stereocenters. The van der Waals surface area contributed by atoms with Crippen molar-refractivity contribution in [1.29, 1.82) is 0 Å². The maximum Gasteiger partial charge on any atom is 0.274 e. The summed E-state index contributed by atoms with van der Waals surface area (Å²) in [6.45, 7) is 2.23. The van der Waals surface area contributed by atoms with E-state index in [9.17, 15) is 13.2 Å². The van der Waals surface area contributed by atoms with E-state index in [4.69, 9.17) is 39.5 Å². The van der Waals surface area contributed by atoms with Crippen LogP contribution in [0.25, 0.3) is 10.9 Å². The maximum atomic E-state index is 13.7. The number of nitrogens with one attached hydrogen (secondary N) is 1. The van der Waals surface area contributed by atoms with E-state index in [0.717, 1.165) is 16.6 Å². The Balaban J connectivity index is 1.38. The number of H-pyrrole nitrogens is 1. The third kappa shape index (κ3) is 4.63. The predicted molar refractivity (Wildman–Crippen MR) is 142 cm³/mol. The van der Waals surface area contributed by atoms with Gasteiger partial charge in [-0.05, 0) is 36.2 Å². The molecule has 12 heteroatoms. The van der Waals surface area contributed by atoms with Crippen molar-refractivity contribution in [1.82, 2.24) is 14.2 Å². The van der Waals surface area contributed by atoms with Gasteiger partial charge in [0.1, 0.15) is 5.75 Å². The number of anilines is 1. The minimum Gasteiger partial charge on any atom is -0.495 e. The number of nitrogens with zero attached hydrogens (tertiary/aromatic N) is 3. The lowest BCUT2D eigenvalue weighted by atomic mass is 10.1. The highest BCUT2D eigenvalue weighted by atomic mass is 35.6. The third-order valence-corrected chi connectivity index (χ3v) is 9.11. The van der Waals surface area contributed by atoms with Crippen LogP contribution in [0.1, 0.15) is 11.3 Å². The molecule has 36 heavy (non-hydrogen) atoms. The van der Waals surface area contributed by atoms with Gasteiger partial charge in [-0.25, -0.2) is 8.42 Å². The van der Waals surface area contributed by atoms with E-state index in [-0.39, 0.29) is 11.4 Å². The smallest absolute Gasteiger partial charge is 0.274 e. The molecule has 2 aliphatic rings. The predicted octanol–water partition coefficient (Wildman–Crippen LogP) is 3.94. The topological polar surface area (TPSA) is 85.9 Å². The molecule has 1 fully saturated rings. The number of hydrogen-bond donors (Lipinski definition) is 1. The molecule has 0 aliphatic carbocycles. The average Bonchev–Trinajstić information content (AvgIpc) is 3.25. The molecule has 1 saturated heterocycles. The number of para-hydroxylation sites is 1. The Morgan fingerprint density at radius 1 is 1.03 bits per heavy atom. The number of amides is 1. The zero-order chi connectivity index (χ0) is 25.7. The van der Waals surface area contributed by atoms with Crippen molar-refractivity contribution in [3.63, 3.8) is 0 Å². The molecule has 3 aromatic rings. The number of ether oxygens (including phenoxy) is 1. The minimum atomic E-state index is -3.76. The highest BCUT2D eigenvalue weighted by molar-refractivity contribution is 7.89. The SMILES string of the molecule is COc1ccc(S(=O)(=O)N2CCc3c([nH]c4ccccc34)C2)cc1N1CCN(C(=O)C(Cl)(Cl)Cl)CC1. The molecule has 1 aromatic heterocycles. The van der Waals surface area contributed by atoms with Gasteiger partial charge in [0, 0.05) is 49.3 Å². The number of methoxy groups -OCH3 is 1.